The van der Waals surface area contributed by atoms with Gasteiger partial charge in [0.15, 0.2) is 0 Å². The van der Waals surface area contributed by atoms with Crippen molar-refractivity contribution in [2.75, 3.05) is 5.73 Å². The van der Waals surface area contributed by atoms with E-state index < -0.39 is 11.7 Å². The second-order valence-electron chi connectivity index (χ2n) is 3.80. The third-order valence-electron chi connectivity index (χ3n) is 2.45. The fourth-order valence-corrected chi connectivity index (χ4v) is 1.51. The summed E-state index contributed by atoms with van der Waals surface area (Å²) in [5, 5.41) is 2.65. The van der Waals surface area contributed by atoms with E-state index in [1.165, 1.54) is 6.26 Å². The lowest BCUT2D eigenvalue weighted by molar-refractivity contribution is 0.0935. The summed E-state index contributed by atoms with van der Waals surface area (Å²) in [6.07, 6.45) is 2.47. The van der Waals surface area contributed by atoms with Gasteiger partial charge in [0.05, 0.1) is 24.1 Å². The van der Waals surface area contributed by atoms with Gasteiger partial charge < -0.3 is 15.5 Å². The molecule has 1 atom stereocenters. The third-order valence-corrected chi connectivity index (χ3v) is 2.45. The summed E-state index contributed by atoms with van der Waals surface area (Å²) in [6.45, 7) is 1.75. The zero-order valence-electron chi connectivity index (χ0n) is 9.68. The number of furan rings is 1. The van der Waals surface area contributed by atoms with Gasteiger partial charge in [0.25, 0.3) is 5.91 Å². The molecule has 0 saturated carbocycles. The normalized spacial score (nSPS) is 12.1. The van der Waals surface area contributed by atoms with Crippen molar-refractivity contribution in [3.8, 4) is 0 Å². The topological polar surface area (TPSA) is 81.2 Å². The van der Waals surface area contributed by atoms with Gasteiger partial charge in [-0.25, -0.2) is 9.37 Å². The fraction of sp³-hybridized carbons (Fsp3) is 0.167. The Morgan fingerprint density at radius 2 is 2.39 bits per heavy atom. The second kappa shape index (κ2) is 4.87. The maximum Gasteiger partial charge on any atom is 0.255 e. The molecule has 0 radical (unpaired) electrons. The summed E-state index contributed by atoms with van der Waals surface area (Å²) in [5.41, 5.74) is 5.53. The van der Waals surface area contributed by atoms with E-state index in [0.29, 0.717) is 5.76 Å². The molecular formula is C12H12FN3O2. The highest BCUT2D eigenvalue weighted by molar-refractivity contribution is 5.98. The SMILES string of the molecule is CC(NC(=O)c1cc(F)cnc1N)c1ccco1. The van der Waals surface area contributed by atoms with Crippen LogP contribution in [-0.2, 0) is 0 Å². The van der Waals surface area contributed by atoms with Crippen molar-refractivity contribution in [1.29, 1.82) is 0 Å². The number of rotatable bonds is 3. The molecule has 1 unspecified atom stereocenters. The molecule has 0 bridgehead atoms. The van der Waals surface area contributed by atoms with E-state index >= 15 is 0 Å². The maximum atomic E-state index is 13.0. The minimum absolute atomic E-state index is 0.00778. The quantitative estimate of drug-likeness (QED) is 0.870. The molecule has 0 aromatic carbocycles. The lowest BCUT2D eigenvalue weighted by Gasteiger charge is -2.12. The van der Waals surface area contributed by atoms with Gasteiger partial charge in [-0.2, -0.15) is 0 Å². The molecule has 18 heavy (non-hydrogen) atoms. The van der Waals surface area contributed by atoms with E-state index in [9.17, 15) is 9.18 Å². The number of nitrogens with two attached hydrogens (primary N) is 1. The van der Waals surface area contributed by atoms with Crippen LogP contribution in [0.2, 0.25) is 0 Å². The first-order chi connectivity index (χ1) is 8.58. The van der Waals surface area contributed by atoms with E-state index in [1.54, 1.807) is 19.1 Å². The number of nitrogens with zero attached hydrogens (tertiary/aromatic N) is 1. The highest BCUT2D eigenvalue weighted by Crippen LogP contribution is 2.15. The summed E-state index contributed by atoms with van der Waals surface area (Å²) in [6, 6.07) is 4.16. The van der Waals surface area contributed by atoms with Crippen LogP contribution < -0.4 is 11.1 Å². The van der Waals surface area contributed by atoms with Crippen LogP contribution >= 0.6 is 0 Å². The molecule has 94 valence electrons. The smallest absolute Gasteiger partial charge is 0.255 e. The molecule has 3 N–H and O–H groups in total. The van der Waals surface area contributed by atoms with Crippen LogP contribution in [0.5, 0.6) is 0 Å². The Balaban J connectivity index is 2.15. The van der Waals surface area contributed by atoms with E-state index in [4.69, 9.17) is 10.2 Å². The van der Waals surface area contributed by atoms with E-state index in [0.717, 1.165) is 12.3 Å². The molecule has 2 aromatic heterocycles. The highest BCUT2D eigenvalue weighted by atomic mass is 19.1. The molecule has 0 spiro atoms. The number of nitrogens with one attached hydrogen (secondary N) is 1. The molecule has 6 heteroatoms. The summed E-state index contributed by atoms with van der Waals surface area (Å²) in [7, 11) is 0. The van der Waals surface area contributed by atoms with Crippen LogP contribution in [0.1, 0.15) is 29.1 Å². The minimum Gasteiger partial charge on any atom is -0.467 e. The van der Waals surface area contributed by atoms with Gasteiger partial charge in [-0.15, -0.1) is 0 Å². The lowest BCUT2D eigenvalue weighted by atomic mass is 10.2. The molecule has 0 fully saturated rings. The summed E-state index contributed by atoms with van der Waals surface area (Å²) < 4.78 is 18.2. The average molecular weight is 249 g/mol. The Labute approximate surface area is 103 Å². The van der Waals surface area contributed by atoms with Crippen molar-refractivity contribution in [3.05, 3.63) is 47.8 Å². The van der Waals surface area contributed by atoms with Crippen molar-refractivity contribution >= 4 is 11.7 Å². The van der Waals surface area contributed by atoms with Crippen molar-refractivity contribution in [3.63, 3.8) is 0 Å². The first kappa shape index (κ1) is 12.1. The molecule has 0 saturated heterocycles. The zero-order chi connectivity index (χ0) is 13.1. The van der Waals surface area contributed by atoms with E-state index in [2.05, 4.69) is 10.3 Å². The van der Waals surface area contributed by atoms with Gasteiger partial charge in [-0.3, -0.25) is 4.79 Å². The molecule has 1 amide bonds. The standard InChI is InChI=1S/C12H12FN3O2/c1-7(10-3-2-4-18-10)16-12(17)9-5-8(13)6-15-11(9)14/h2-7H,1H3,(H2,14,15)(H,16,17). The Kier molecular flexibility index (Phi) is 3.27. The van der Waals surface area contributed by atoms with Crippen LogP contribution in [0, 0.1) is 5.82 Å². The summed E-state index contributed by atoms with van der Waals surface area (Å²) >= 11 is 0. The Hall–Kier alpha value is -2.37. The molecule has 0 aliphatic heterocycles. The maximum absolute atomic E-state index is 13.0. The number of aromatic nitrogens is 1. The number of carbonyl (C=O) groups excluding carboxylic acids is 1. The predicted molar refractivity (Wildman–Crippen MR) is 63.2 cm³/mol. The monoisotopic (exact) mass is 249 g/mol. The van der Waals surface area contributed by atoms with Crippen molar-refractivity contribution in [2.45, 2.75) is 13.0 Å². The Morgan fingerprint density at radius 1 is 1.61 bits per heavy atom. The first-order valence-corrected chi connectivity index (χ1v) is 5.33. The zero-order valence-corrected chi connectivity index (χ0v) is 9.68. The number of carbonyl (C=O) groups is 1. The average Bonchev–Trinajstić information content (AvgIpc) is 2.85. The molecule has 0 aliphatic carbocycles. The van der Waals surface area contributed by atoms with Crippen LogP contribution in [0.25, 0.3) is 0 Å². The van der Waals surface area contributed by atoms with Gasteiger partial charge in [0.2, 0.25) is 0 Å². The predicted octanol–water partition coefficient (Wildman–Crippen LogP) is 1.89. The highest BCUT2D eigenvalue weighted by Gasteiger charge is 2.16. The van der Waals surface area contributed by atoms with E-state index in [1.807, 2.05) is 0 Å². The number of pyridine rings is 1. The van der Waals surface area contributed by atoms with Gasteiger partial charge in [0, 0.05) is 0 Å². The lowest BCUT2D eigenvalue weighted by Crippen LogP contribution is -2.27. The second-order valence-corrected chi connectivity index (χ2v) is 3.80. The summed E-state index contributed by atoms with van der Waals surface area (Å²) in [5.74, 6) is -0.518. The summed E-state index contributed by atoms with van der Waals surface area (Å²) in [4.78, 5) is 15.5. The minimum atomic E-state index is -0.611. The molecule has 0 aliphatic rings. The molecular weight excluding hydrogens is 237 g/mol. The molecule has 2 rings (SSSR count). The Morgan fingerprint density at radius 3 is 3.06 bits per heavy atom. The largest absolute Gasteiger partial charge is 0.467 e. The third kappa shape index (κ3) is 2.48. The fourth-order valence-electron chi connectivity index (χ4n) is 1.51. The number of nitrogen functional groups attached to an aromatic ring is 1. The van der Waals surface area contributed by atoms with Gasteiger partial charge in [0.1, 0.15) is 17.4 Å². The van der Waals surface area contributed by atoms with Crippen molar-refractivity contribution in [2.24, 2.45) is 0 Å². The van der Waals surface area contributed by atoms with Crippen LogP contribution in [-0.4, -0.2) is 10.9 Å². The molecule has 5 nitrogen and oxygen atoms in total. The molecule has 2 heterocycles. The Bertz CT molecular complexity index is 554. The van der Waals surface area contributed by atoms with Gasteiger partial charge >= 0.3 is 0 Å². The number of hydrogen-bond donors (Lipinski definition) is 2. The number of amides is 1. The van der Waals surface area contributed by atoms with Gasteiger partial charge in [-0.05, 0) is 25.1 Å². The van der Waals surface area contributed by atoms with E-state index in [-0.39, 0.29) is 17.4 Å². The van der Waals surface area contributed by atoms with Gasteiger partial charge in [-0.1, -0.05) is 0 Å². The number of halogens is 1. The number of anilines is 1. The van der Waals surface area contributed by atoms with Crippen molar-refractivity contribution in [1.82, 2.24) is 10.3 Å². The first-order valence-electron chi connectivity index (χ1n) is 5.33. The van der Waals surface area contributed by atoms with Crippen LogP contribution in [0.15, 0.2) is 35.1 Å². The van der Waals surface area contributed by atoms with Crippen LogP contribution in [0.4, 0.5) is 10.2 Å². The number of hydrogen-bond acceptors (Lipinski definition) is 4. The molecule has 2 aromatic rings. The van der Waals surface area contributed by atoms with Crippen LogP contribution in [0.3, 0.4) is 0 Å². The van der Waals surface area contributed by atoms with Crippen molar-refractivity contribution < 1.29 is 13.6 Å².